The summed E-state index contributed by atoms with van der Waals surface area (Å²) in [6.45, 7) is 2.50. The quantitative estimate of drug-likeness (QED) is 0.389. The van der Waals surface area contributed by atoms with Crippen LogP contribution in [0.4, 0.5) is 5.69 Å². The molecule has 0 saturated carbocycles. The highest BCUT2D eigenvalue weighted by Crippen LogP contribution is 2.19. The van der Waals surface area contributed by atoms with Crippen molar-refractivity contribution in [2.45, 2.75) is 11.8 Å². The van der Waals surface area contributed by atoms with Gasteiger partial charge in [0.2, 0.25) is 0 Å². The molecule has 0 aromatic heterocycles. The van der Waals surface area contributed by atoms with E-state index in [0.29, 0.717) is 22.9 Å². The van der Waals surface area contributed by atoms with E-state index in [9.17, 15) is 13.2 Å². The maximum atomic E-state index is 12.4. The Hall–Kier alpha value is -3.36. The molecule has 3 rings (SSSR count). The first-order valence-electron chi connectivity index (χ1n) is 9.32. The van der Waals surface area contributed by atoms with Crippen LogP contribution in [0.25, 0.3) is 0 Å². The van der Waals surface area contributed by atoms with Crippen LogP contribution < -0.4 is 14.9 Å². The summed E-state index contributed by atoms with van der Waals surface area (Å²) in [5, 5.41) is 4.38. The summed E-state index contributed by atoms with van der Waals surface area (Å²) in [6, 6.07) is 19.1. The van der Waals surface area contributed by atoms with Gasteiger partial charge in [-0.1, -0.05) is 11.6 Å². The van der Waals surface area contributed by atoms with Crippen LogP contribution in [0.1, 0.15) is 22.8 Å². The largest absolute Gasteiger partial charge is 0.494 e. The summed E-state index contributed by atoms with van der Waals surface area (Å²) in [6.07, 6.45) is 1.52. The maximum absolute atomic E-state index is 12.4. The number of amides is 1. The lowest BCUT2D eigenvalue weighted by atomic mass is 10.2. The third kappa shape index (κ3) is 6.31. The molecular formula is C22H20ClN3O4S. The molecule has 0 aliphatic carbocycles. The number of hydrogen-bond donors (Lipinski definition) is 2. The van der Waals surface area contributed by atoms with E-state index < -0.39 is 15.9 Å². The van der Waals surface area contributed by atoms with Crippen molar-refractivity contribution in [1.29, 1.82) is 0 Å². The molecule has 3 aromatic carbocycles. The van der Waals surface area contributed by atoms with Gasteiger partial charge in [0.1, 0.15) is 5.75 Å². The number of sulfonamides is 1. The van der Waals surface area contributed by atoms with Gasteiger partial charge in [-0.15, -0.1) is 0 Å². The Morgan fingerprint density at radius 3 is 2.26 bits per heavy atom. The van der Waals surface area contributed by atoms with E-state index in [2.05, 4.69) is 15.2 Å². The topological polar surface area (TPSA) is 96.9 Å². The Labute approximate surface area is 185 Å². The van der Waals surface area contributed by atoms with Crippen molar-refractivity contribution in [2.24, 2.45) is 5.10 Å². The second-order valence-corrected chi connectivity index (χ2v) is 8.46. The second-order valence-electron chi connectivity index (χ2n) is 6.34. The molecular weight excluding hydrogens is 438 g/mol. The fourth-order valence-electron chi connectivity index (χ4n) is 2.56. The average molecular weight is 458 g/mol. The van der Waals surface area contributed by atoms with Gasteiger partial charge >= 0.3 is 0 Å². The highest BCUT2D eigenvalue weighted by molar-refractivity contribution is 7.92. The molecule has 0 heterocycles. The van der Waals surface area contributed by atoms with Crippen molar-refractivity contribution in [1.82, 2.24) is 5.43 Å². The Kier molecular flexibility index (Phi) is 7.28. The number of benzene rings is 3. The molecule has 0 atom stereocenters. The highest BCUT2D eigenvalue weighted by atomic mass is 35.5. The van der Waals surface area contributed by atoms with Crippen LogP contribution in [0, 0.1) is 0 Å². The van der Waals surface area contributed by atoms with Crippen LogP contribution in [-0.4, -0.2) is 27.1 Å². The first kappa shape index (κ1) is 22.3. The van der Waals surface area contributed by atoms with Crippen LogP contribution >= 0.6 is 11.6 Å². The zero-order chi connectivity index (χ0) is 22.3. The molecule has 0 radical (unpaired) electrons. The van der Waals surface area contributed by atoms with E-state index in [0.717, 1.165) is 11.3 Å². The van der Waals surface area contributed by atoms with Gasteiger partial charge in [0.05, 0.1) is 17.7 Å². The van der Waals surface area contributed by atoms with E-state index in [1.807, 2.05) is 31.2 Å². The number of rotatable bonds is 8. The number of nitrogens with zero attached hydrogens (tertiary/aromatic N) is 1. The minimum atomic E-state index is -3.76. The molecule has 0 saturated heterocycles. The number of hydrogen-bond acceptors (Lipinski definition) is 5. The smallest absolute Gasteiger partial charge is 0.271 e. The van der Waals surface area contributed by atoms with Crippen LogP contribution in [0.15, 0.2) is 82.8 Å². The zero-order valence-electron chi connectivity index (χ0n) is 16.6. The number of anilines is 1. The third-order valence-electron chi connectivity index (χ3n) is 4.09. The van der Waals surface area contributed by atoms with Crippen LogP contribution in [0.3, 0.4) is 0 Å². The molecule has 0 aliphatic heterocycles. The fourth-order valence-corrected chi connectivity index (χ4v) is 3.75. The number of carbonyl (C=O) groups excluding carboxylic acids is 1. The first-order valence-corrected chi connectivity index (χ1v) is 11.2. The predicted molar refractivity (Wildman–Crippen MR) is 121 cm³/mol. The minimum absolute atomic E-state index is 0.0855. The van der Waals surface area contributed by atoms with Crippen molar-refractivity contribution in [3.05, 3.63) is 88.9 Å². The molecule has 2 N–H and O–H groups in total. The summed E-state index contributed by atoms with van der Waals surface area (Å²) >= 11 is 5.79. The number of halogens is 1. The monoisotopic (exact) mass is 457 g/mol. The van der Waals surface area contributed by atoms with Crippen LogP contribution in [-0.2, 0) is 10.0 Å². The number of nitrogens with one attached hydrogen (secondary N) is 2. The van der Waals surface area contributed by atoms with Gasteiger partial charge < -0.3 is 4.74 Å². The van der Waals surface area contributed by atoms with E-state index in [1.54, 1.807) is 0 Å². The number of carbonyl (C=O) groups is 1. The lowest BCUT2D eigenvalue weighted by molar-refractivity contribution is 0.0955. The molecule has 7 nitrogen and oxygen atoms in total. The number of ether oxygens (including phenoxy) is 1. The Morgan fingerprint density at radius 2 is 1.65 bits per heavy atom. The Bertz CT molecular complexity index is 1160. The van der Waals surface area contributed by atoms with Gasteiger partial charge in [-0.3, -0.25) is 9.52 Å². The zero-order valence-corrected chi connectivity index (χ0v) is 18.2. The molecule has 0 unspecified atom stereocenters. The van der Waals surface area contributed by atoms with Gasteiger partial charge in [-0.25, -0.2) is 13.8 Å². The van der Waals surface area contributed by atoms with E-state index in [-0.39, 0.29) is 4.90 Å². The van der Waals surface area contributed by atoms with Crippen molar-refractivity contribution in [3.8, 4) is 5.75 Å². The lowest BCUT2D eigenvalue weighted by Crippen LogP contribution is -2.18. The van der Waals surface area contributed by atoms with Crippen molar-refractivity contribution < 1.29 is 17.9 Å². The molecule has 9 heteroatoms. The molecule has 1 amide bonds. The van der Waals surface area contributed by atoms with Gasteiger partial charge in [0, 0.05) is 16.3 Å². The number of hydrazone groups is 1. The standard InChI is InChI=1S/C22H20ClN3O4S/c1-2-30-20-11-3-16(4-12-20)15-24-25-22(27)17-5-9-19(10-6-17)26-31(28,29)21-13-7-18(23)8-14-21/h3-15,26H,2H2,1H3,(H,25,27)/b24-15+. The summed E-state index contributed by atoms with van der Waals surface area (Å²) in [5.74, 6) is 0.338. The van der Waals surface area contributed by atoms with E-state index >= 15 is 0 Å². The van der Waals surface area contributed by atoms with Gasteiger partial charge in [-0.05, 0) is 85.3 Å². The molecule has 160 valence electrons. The molecule has 0 spiro atoms. The normalized spacial score (nSPS) is 11.3. The summed E-state index contributed by atoms with van der Waals surface area (Å²) in [5.41, 5.74) is 3.89. The Morgan fingerprint density at radius 1 is 1.00 bits per heavy atom. The molecule has 0 aliphatic rings. The molecule has 0 fully saturated rings. The fraction of sp³-hybridized carbons (Fsp3) is 0.0909. The lowest BCUT2D eigenvalue weighted by Gasteiger charge is -2.09. The second kappa shape index (κ2) is 10.1. The first-order chi connectivity index (χ1) is 14.9. The Balaban J connectivity index is 1.59. The average Bonchev–Trinajstić information content (AvgIpc) is 2.76. The maximum Gasteiger partial charge on any atom is 0.271 e. The molecule has 31 heavy (non-hydrogen) atoms. The van der Waals surface area contributed by atoms with Crippen molar-refractivity contribution in [2.75, 3.05) is 11.3 Å². The van der Waals surface area contributed by atoms with Gasteiger partial charge in [0.25, 0.3) is 15.9 Å². The van der Waals surface area contributed by atoms with Crippen LogP contribution in [0.2, 0.25) is 5.02 Å². The van der Waals surface area contributed by atoms with Crippen LogP contribution in [0.5, 0.6) is 5.75 Å². The summed E-state index contributed by atoms with van der Waals surface area (Å²) in [7, 11) is -3.76. The SMILES string of the molecule is CCOc1ccc(/C=N/NC(=O)c2ccc(NS(=O)(=O)c3ccc(Cl)cc3)cc2)cc1. The highest BCUT2D eigenvalue weighted by Gasteiger charge is 2.14. The van der Waals surface area contributed by atoms with Gasteiger partial charge in [0.15, 0.2) is 0 Å². The molecule has 3 aromatic rings. The van der Waals surface area contributed by atoms with Crippen molar-refractivity contribution in [3.63, 3.8) is 0 Å². The summed E-state index contributed by atoms with van der Waals surface area (Å²) in [4.78, 5) is 12.3. The van der Waals surface area contributed by atoms with Gasteiger partial charge in [-0.2, -0.15) is 5.10 Å². The molecule has 0 bridgehead atoms. The third-order valence-corrected chi connectivity index (χ3v) is 5.74. The minimum Gasteiger partial charge on any atom is -0.494 e. The summed E-state index contributed by atoms with van der Waals surface area (Å²) < 4.78 is 32.6. The van der Waals surface area contributed by atoms with E-state index in [4.69, 9.17) is 16.3 Å². The van der Waals surface area contributed by atoms with E-state index in [1.165, 1.54) is 54.7 Å². The van der Waals surface area contributed by atoms with Crippen molar-refractivity contribution >= 4 is 39.4 Å². The predicted octanol–water partition coefficient (Wildman–Crippen LogP) is 4.30.